The van der Waals surface area contributed by atoms with Crippen LogP contribution < -0.4 is 0 Å². The Morgan fingerprint density at radius 1 is 0.625 bits per heavy atom. The van der Waals surface area contributed by atoms with Crippen molar-refractivity contribution in [3.8, 4) is 0 Å². The van der Waals surface area contributed by atoms with Crippen molar-refractivity contribution in [2.24, 2.45) is 0 Å². The number of hydrogen-bond acceptors (Lipinski definition) is 9. The molecule has 0 spiro atoms. The maximum Gasteiger partial charge on any atom is 0.184 e. The van der Waals surface area contributed by atoms with Crippen LogP contribution in [0.1, 0.15) is 55.4 Å². The zero-order chi connectivity index (χ0) is 30.0. The number of rotatable bonds is 24. The van der Waals surface area contributed by atoms with E-state index in [9.17, 15) is 10.2 Å². The van der Waals surface area contributed by atoms with Gasteiger partial charge in [0.1, 0.15) is 31.0 Å². The van der Waals surface area contributed by atoms with E-state index >= 15 is 0 Å². The first-order valence-electron chi connectivity index (χ1n) is 16.1. The van der Waals surface area contributed by atoms with Gasteiger partial charge in [-0.15, -0.1) is 0 Å². The van der Waals surface area contributed by atoms with Crippen LogP contribution in [-0.2, 0) is 18.9 Å². The van der Waals surface area contributed by atoms with Gasteiger partial charge in [0.25, 0.3) is 0 Å². The number of hydrogen-bond donors (Lipinski definition) is 2. The van der Waals surface area contributed by atoms with Gasteiger partial charge >= 0.3 is 0 Å². The summed E-state index contributed by atoms with van der Waals surface area (Å²) in [5.41, 5.74) is 0. The molecule has 2 N–H and O–H groups in total. The summed E-state index contributed by atoms with van der Waals surface area (Å²) in [6.45, 7) is 31.6. The first-order chi connectivity index (χ1) is 19.3. The number of aliphatic hydroxyl groups excluding tert-OH is 2. The molecule has 40 heavy (non-hydrogen) atoms. The predicted molar refractivity (Wildman–Crippen MR) is 162 cm³/mol. The monoisotopic (exact) mass is 577 g/mol. The van der Waals surface area contributed by atoms with Crippen molar-refractivity contribution in [2.75, 3.05) is 112 Å². The van der Waals surface area contributed by atoms with Crippen LogP contribution in [0.2, 0.25) is 0 Å². The van der Waals surface area contributed by atoms with Crippen molar-refractivity contribution in [3.05, 3.63) is 0 Å². The molecule has 0 amide bonds. The van der Waals surface area contributed by atoms with Crippen molar-refractivity contribution >= 4 is 0 Å². The number of ether oxygens (including phenoxy) is 4. The Labute approximate surface area is 246 Å². The Morgan fingerprint density at radius 2 is 1.10 bits per heavy atom. The Hall–Kier alpha value is -0.400. The van der Waals surface area contributed by atoms with E-state index in [1.807, 2.05) is 0 Å². The SMILES string of the molecule is CCN(CC)CCOC1C(O)OC(COCC[N+](CC)(CC)CCN(CC)CC)C(O)C1OCCN(CC)CC. The first-order valence-corrected chi connectivity index (χ1v) is 16.1. The lowest BCUT2D eigenvalue weighted by atomic mass is 9.98. The van der Waals surface area contributed by atoms with Gasteiger partial charge in [0.15, 0.2) is 6.29 Å². The number of aliphatic hydroxyl groups is 2. The molecule has 1 aliphatic heterocycles. The molecule has 0 aromatic carbocycles. The molecule has 1 aliphatic rings. The maximum atomic E-state index is 11.3. The fourth-order valence-electron chi connectivity index (χ4n) is 5.45. The largest absolute Gasteiger partial charge is 0.387 e. The van der Waals surface area contributed by atoms with Gasteiger partial charge in [0.05, 0.1) is 46.1 Å². The van der Waals surface area contributed by atoms with E-state index in [0.29, 0.717) is 19.8 Å². The van der Waals surface area contributed by atoms with Crippen molar-refractivity contribution in [1.82, 2.24) is 14.7 Å². The molecular weight excluding hydrogens is 512 g/mol. The summed E-state index contributed by atoms with van der Waals surface area (Å²) in [7, 11) is 0. The minimum absolute atomic E-state index is 0.198. The van der Waals surface area contributed by atoms with Gasteiger partial charge in [-0.3, -0.25) is 4.90 Å². The lowest BCUT2D eigenvalue weighted by Crippen LogP contribution is -2.61. The van der Waals surface area contributed by atoms with Crippen LogP contribution in [-0.4, -0.2) is 172 Å². The highest BCUT2D eigenvalue weighted by Gasteiger charge is 2.46. The average Bonchev–Trinajstić information content (AvgIpc) is 2.98. The van der Waals surface area contributed by atoms with Crippen molar-refractivity contribution in [2.45, 2.75) is 86.1 Å². The van der Waals surface area contributed by atoms with Gasteiger partial charge in [-0.2, -0.15) is 0 Å². The molecule has 0 radical (unpaired) electrons. The molecule has 1 saturated heterocycles. The molecule has 1 heterocycles. The van der Waals surface area contributed by atoms with Gasteiger partial charge in [0.2, 0.25) is 0 Å². The van der Waals surface area contributed by atoms with Crippen LogP contribution in [0.5, 0.6) is 0 Å². The molecular formula is C30H65N4O6+. The van der Waals surface area contributed by atoms with Crippen molar-refractivity contribution < 1.29 is 33.6 Å². The zero-order valence-electron chi connectivity index (χ0n) is 27.2. The van der Waals surface area contributed by atoms with Crippen LogP contribution in [0.4, 0.5) is 0 Å². The summed E-state index contributed by atoms with van der Waals surface area (Å²) >= 11 is 0. The van der Waals surface area contributed by atoms with Gasteiger partial charge in [-0.1, -0.05) is 41.5 Å². The van der Waals surface area contributed by atoms with E-state index in [1.54, 1.807) is 0 Å². The highest BCUT2D eigenvalue weighted by atomic mass is 16.7. The second kappa shape index (κ2) is 21.3. The topological polar surface area (TPSA) is 87.1 Å². The molecule has 5 atom stereocenters. The Bertz CT molecular complexity index is 603. The molecule has 10 nitrogen and oxygen atoms in total. The molecule has 0 bridgehead atoms. The molecule has 0 aliphatic carbocycles. The summed E-state index contributed by atoms with van der Waals surface area (Å²) < 4.78 is 25.2. The quantitative estimate of drug-likeness (QED) is 0.132. The van der Waals surface area contributed by atoms with Crippen LogP contribution in [0.15, 0.2) is 0 Å². The summed E-state index contributed by atoms with van der Waals surface area (Å²) in [4.78, 5) is 6.99. The third-order valence-corrected chi connectivity index (χ3v) is 8.98. The second-order valence-electron chi connectivity index (χ2n) is 10.8. The minimum atomic E-state index is -1.19. The summed E-state index contributed by atoms with van der Waals surface area (Å²) in [6, 6.07) is 0. The summed E-state index contributed by atoms with van der Waals surface area (Å²) in [6.07, 6.45) is -4.29. The minimum Gasteiger partial charge on any atom is -0.387 e. The first kappa shape index (κ1) is 37.6. The molecule has 0 saturated carbocycles. The Balaban J connectivity index is 2.77. The van der Waals surface area contributed by atoms with Gasteiger partial charge < -0.3 is 43.4 Å². The summed E-state index contributed by atoms with van der Waals surface area (Å²) in [5.74, 6) is 0. The average molecular weight is 578 g/mol. The third-order valence-electron chi connectivity index (χ3n) is 8.98. The highest BCUT2D eigenvalue weighted by molar-refractivity contribution is 4.91. The lowest BCUT2D eigenvalue weighted by Gasteiger charge is -2.43. The molecule has 0 aromatic heterocycles. The van der Waals surface area contributed by atoms with E-state index in [-0.39, 0.29) is 6.61 Å². The van der Waals surface area contributed by atoms with Gasteiger partial charge in [-0.25, -0.2) is 0 Å². The number of quaternary nitrogens is 1. The zero-order valence-corrected chi connectivity index (χ0v) is 27.2. The van der Waals surface area contributed by atoms with Crippen LogP contribution in [0.25, 0.3) is 0 Å². The van der Waals surface area contributed by atoms with Crippen LogP contribution >= 0.6 is 0 Å². The second-order valence-corrected chi connectivity index (χ2v) is 10.8. The number of nitrogens with zero attached hydrogens (tertiary/aromatic N) is 4. The Morgan fingerprint density at radius 3 is 1.57 bits per heavy atom. The molecule has 1 rings (SSSR count). The molecule has 0 aromatic rings. The third kappa shape index (κ3) is 12.5. The molecule has 5 unspecified atom stereocenters. The maximum absolute atomic E-state index is 11.3. The van der Waals surface area contributed by atoms with Gasteiger partial charge in [-0.05, 0) is 53.1 Å². The highest BCUT2D eigenvalue weighted by Crippen LogP contribution is 2.25. The fourth-order valence-corrected chi connectivity index (χ4v) is 5.45. The molecule has 10 heteroatoms. The van der Waals surface area contributed by atoms with Crippen LogP contribution in [0.3, 0.4) is 0 Å². The van der Waals surface area contributed by atoms with Crippen molar-refractivity contribution in [3.63, 3.8) is 0 Å². The van der Waals surface area contributed by atoms with E-state index in [0.717, 1.165) is 89.6 Å². The standard InChI is InChI=1S/C30H65N4O6/c1-9-31(10-2)17-20-34(15-7,16-8)21-24-37-25-26-27(35)28(38-22-18-32(11-3)12-4)29(30(36)40-26)39-23-19-33(13-5)14-6/h26-30,35-36H,9-25H2,1-8H3/q+1. The van der Waals surface area contributed by atoms with E-state index in [2.05, 4.69) is 70.1 Å². The van der Waals surface area contributed by atoms with E-state index in [1.165, 1.54) is 0 Å². The fraction of sp³-hybridized carbons (Fsp3) is 1.00. The number of likely N-dealkylation sites (N-methyl/N-ethyl adjacent to an activating group) is 4. The predicted octanol–water partition coefficient (Wildman–Crippen LogP) is 1.73. The summed E-state index contributed by atoms with van der Waals surface area (Å²) in [5, 5.41) is 22.2. The van der Waals surface area contributed by atoms with Crippen molar-refractivity contribution in [1.29, 1.82) is 0 Å². The van der Waals surface area contributed by atoms with E-state index < -0.39 is 30.7 Å². The Kier molecular flexibility index (Phi) is 20.0. The smallest absolute Gasteiger partial charge is 0.184 e. The normalized spacial score (nSPS) is 24.1. The van der Waals surface area contributed by atoms with E-state index in [4.69, 9.17) is 18.9 Å². The van der Waals surface area contributed by atoms with Gasteiger partial charge in [0, 0.05) is 19.6 Å². The molecule has 1 fully saturated rings. The van der Waals surface area contributed by atoms with Crippen LogP contribution in [0, 0.1) is 0 Å². The molecule has 240 valence electrons. The lowest BCUT2D eigenvalue weighted by molar-refractivity contribution is -0.924.